The summed E-state index contributed by atoms with van der Waals surface area (Å²) in [4.78, 5) is 25.3. The molecule has 0 aromatic heterocycles. The molecule has 2 aromatic carbocycles. The van der Waals surface area contributed by atoms with Crippen LogP contribution in [0, 0.1) is 15.9 Å². The zero-order chi connectivity index (χ0) is 18.6. The van der Waals surface area contributed by atoms with Crippen LogP contribution in [0.1, 0.15) is 15.9 Å². The lowest BCUT2D eigenvalue weighted by molar-refractivity contribution is -0.385. The third kappa shape index (κ3) is 4.27. The minimum absolute atomic E-state index is 0.00772. The molecule has 0 unspecified atom stereocenters. The quantitative estimate of drug-likeness (QED) is 0.444. The fourth-order valence-corrected chi connectivity index (χ4v) is 2.77. The summed E-state index contributed by atoms with van der Waals surface area (Å²) in [5, 5.41) is 11.2. The van der Waals surface area contributed by atoms with Crippen molar-refractivity contribution < 1.29 is 18.8 Å². The molecule has 0 bridgehead atoms. The first-order chi connectivity index (χ1) is 11.9. The molecule has 0 heterocycles. The molecule has 0 aliphatic carbocycles. The minimum atomic E-state index is -0.585. The van der Waals surface area contributed by atoms with Gasteiger partial charge in [-0.05, 0) is 36.1 Å². The minimum Gasteiger partial charge on any atom is -0.494 e. The Labute approximate surface area is 148 Å². The van der Waals surface area contributed by atoms with Gasteiger partial charge in [0, 0.05) is 24.6 Å². The Morgan fingerprint density at radius 2 is 2.04 bits per heavy atom. The Bertz CT molecular complexity index is 813. The lowest BCUT2D eigenvalue weighted by Crippen LogP contribution is -2.27. The number of nitrogens with zero attached hydrogens (tertiary/aromatic N) is 2. The molecule has 1 amide bonds. The molecule has 2 rings (SSSR count). The summed E-state index contributed by atoms with van der Waals surface area (Å²) < 4.78 is 18.6. The Hall–Kier alpha value is -2.61. The Morgan fingerprint density at radius 1 is 1.32 bits per heavy atom. The van der Waals surface area contributed by atoms with E-state index >= 15 is 0 Å². The van der Waals surface area contributed by atoms with Crippen LogP contribution in [0.15, 0.2) is 41.3 Å². The van der Waals surface area contributed by atoms with E-state index in [1.807, 2.05) is 6.26 Å². The van der Waals surface area contributed by atoms with Crippen LogP contribution >= 0.6 is 11.8 Å². The Kier molecular flexibility index (Phi) is 5.97. The zero-order valence-electron chi connectivity index (χ0n) is 14.0. The molecule has 6 nitrogen and oxygen atoms in total. The maximum Gasteiger partial charge on any atom is 0.282 e. The molecule has 0 fully saturated rings. The highest BCUT2D eigenvalue weighted by Crippen LogP contribution is 2.26. The standard InChI is InChI=1S/C17H17FN2O4S/c1-19(10-11-4-7-16(24-2)14(18)8-11)17(21)13-9-12(25-3)5-6-15(13)20(22)23/h4-9H,10H2,1-3H3. The normalized spacial score (nSPS) is 10.4. The first-order valence-corrected chi connectivity index (χ1v) is 8.50. The molecule has 25 heavy (non-hydrogen) atoms. The van der Waals surface area contributed by atoms with E-state index < -0.39 is 16.6 Å². The van der Waals surface area contributed by atoms with E-state index in [0.29, 0.717) is 5.56 Å². The molecule has 0 atom stereocenters. The number of methoxy groups -OCH3 is 1. The molecule has 0 saturated carbocycles. The molecule has 0 radical (unpaired) electrons. The van der Waals surface area contributed by atoms with E-state index in [-0.39, 0.29) is 23.5 Å². The summed E-state index contributed by atoms with van der Waals surface area (Å²) in [7, 11) is 2.88. The second-order valence-electron chi connectivity index (χ2n) is 5.27. The third-order valence-corrected chi connectivity index (χ3v) is 4.34. The second-order valence-corrected chi connectivity index (χ2v) is 6.15. The lowest BCUT2D eigenvalue weighted by Gasteiger charge is -2.18. The van der Waals surface area contributed by atoms with Crippen molar-refractivity contribution in [3.05, 3.63) is 63.5 Å². The predicted octanol–water partition coefficient (Wildman–Crippen LogP) is 3.74. The van der Waals surface area contributed by atoms with Crippen molar-refractivity contribution in [2.75, 3.05) is 20.4 Å². The number of benzene rings is 2. The summed E-state index contributed by atoms with van der Waals surface area (Å²) in [5.41, 5.74) is 0.307. The SMILES string of the molecule is COc1ccc(CN(C)C(=O)c2cc(SC)ccc2[N+](=O)[O-])cc1F. The molecular formula is C17H17FN2O4S. The number of nitro groups is 1. The van der Waals surface area contributed by atoms with E-state index in [9.17, 15) is 19.3 Å². The molecule has 8 heteroatoms. The maximum absolute atomic E-state index is 13.8. The zero-order valence-corrected chi connectivity index (χ0v) is 14.8. The van der Waals surface area contributed by atoms with Crippen molar-refractivity contribution in [3.8, 4) is 5.75 Å². The topological polar surface area (TPSA) is 72.7 Å². The summed E-state index contributed by atoms with van der Waals surface area (Å²) in [6.07, 6.45) is 1.82. The number of carbonyl (C=O) groups excluding carboxylic acids is 1. The van der Waals surface area contributed by atoms with Crippen molar-refractivity contribution >= 4 is 23.4 Å². The van der Waals surface area contributed by atoms with Gasteiger partial charge in [0.05, 0.1) is 12.0 Å². The van der Waals surface area contributed by atoms with Crippen LogP contribution in [-0.2, 0) is 6.54 Å². The first kappa shape index (κ1) is 18.7. The average Bonchev–Trinajstić information content (AvgIpc) is 2.60. The number of hydrogen-bond acceptors (Lipinski definition) is 5. The van der Waals surface area contributed by atoms with Crippen molar-refractivity contribution in [2.24, 2.45) is 0 Å². The highest BCUT2D eigenvalue weighted by molar-refractivity contribution is 7.98. The molecule has 2 aromatic rings. The summed E-state index contributed by atoms with van der Waals surface area (Å²) >= 11 is 1.39. The van der Waals surface area contributed by atoms with Crippen molar-refractivity contribution in [1.29, 1.82) is 0 Å². The van der Waals surface area contributed by atoms with Crippen molar-refractivity contribution in [3.63, 3.8) is 0 Å². The fourth-order valence-electron chi connectivity index (χ4n) is 2.33. The van der Waals surface area contributed by atoms with Gasteiger partial charge in [0.1, 0.15) is 5.56 Å². The van der Waals surface area contributed by atoms with E-state index in [0.717, 1.165) is 4.90 Å². The summed E-state index contributed by atoms with van der Waals surface area (Å²) in [5.74, 6) is -0.920. The molecule has 132 valence electrons. The van der Waals surface area contributed by atoms with Crippen LogP contribution in [0.4, 0.5) is 10.1 Å². The second kappa shape index (κ2) is 7.98. The molecule has 0 saturated heterocycles. The number of nitro benzene ring substituents is 1. The van der Waals surface area contributed by atoms with Crippen molar-refractivity contribution in [1.82, 2.24) is 4.90 Å². The van der Waals surface area contributed by atoms with E-state index in [4.69, 9.17) is 4.74 Å². The van der Waals surface area contributed by atoms with Gasteiger partial charge in [-0.15, -0.1) is 11.8 Å². The fraction of sp³-hybridized carbons (Fsp3) is 0.235. The third-order valence-electron chi connectivity index (χ3n) is 3.61. The van der Waals surface area contributed by atoms with Gasteiger partial charge in [0.25, 0.3) is 11.6 Å². The van der Waals surface area contributed by atoms with Gasteiger partial charge in [0.15, 0.2) is 11.6 Å². The number of rotatable bonds is 6. The molecule has 0 spiro atoms. The first-order valence-electron chi connectivity index (χ1n) is 7.27. The van der Waals surface area contributed by atoms with Crippen LogP contribution in [0.5, 0.6) is 5.75 Å². The van der Waals surface area contributed by atoms with Crippen molar-refractivity contribution in [2.45, 2.75) is 11.4 Å². The van der Waals surface area contributed by atoms with Crippen LogP contribution in [-0.4, -0.2) is 36.1 Å². The van der Waals surface area contributed by atoms with Crippen LogP contribution in [0.3, 0.4) is 0 Å². The number of ether oxygens (including phenoxy) is 1. The number of carbonyl (C=O) groups is 1. The highest BCUT2D eigenvalue weighted by atomic mass is 32.2. The molecule has 0 aliphatic heterocycles. The number of amides is 1. The number of thioether (sulfide) groups is 1. The van der Waals surface area contributed by atoms with E-state index in [1.54, 1.807) is 12.1 Å². The van der Waals surface area contributed by atoms with Crippen LogP contribution < -0.4 is 4.74 Å². The van der Waals surface area contributed by atoms with Gasteiger partial charge in [-0.3, -0.25) is 14.9 Å². The van der Waals surface area contributed by atoms with Gasteiger partial charge in [-0.25, -0.2) is 4.39 Å². The average molecular weight is 364 g/mol. The largest absolute Gasteiger partial charge is 0.494 e. The summed E-state index contributed by atoms with van der Waals surface area (Å²) in [6.45, 7) is 0.112. The van der Waals surface area contributed by atoms with Gasteiger partial charge >= 0.3 is 0 Å². The van der Waals surface area contributed by atoms with Crippen LogP contribution in [0.2, 0.25) is 0 Å². The summed E-state index contributed by atoms with van der Waals surface area (Å²) in [6, 6.07) is 8.79. The predicted molar refractivity (Wildman–Crippen MR) is 93.6 cm³/mol. The van der Waals surface area contributed by atoms with E-state index in [2.05, 4.69) is 0 Å². The molecule has 0 aliphatic rings. The van der Waals surface area contributed by atoms with E-state index in [1.165, 1.54) is 55.1 Å². The smallest absolute Gasteiger partial charge is 0.282 e. The lowest BCUT2D eigenvalue weighted by atomic mass is 10.1. The van der Waals surface area contributed by atoms with Crippen LogP contribution in [0.25, 0.3) is 0 Å². The Morgan fingerprint density at radius 3 is 2.60 bits per heavy atom. The van der Waals surface area contributed by atoms with Gasteiger partial charge in [0.2, 0.25) is 0 Å². The monoisotopic (exact) mass is 364 g/mol. The highest BCUT2D eigenvalue weighted by Gasteiger charge is 2.23. The maximum atomic E-state index is 13.8. The van der Waals surface area contributed by atoms with Gasteiger partial charge in [-0.2, -0.15) is 0 Å². The van der Waals surface area contributed by atoms with Gasteiger partial charge < -0.3 is 9.64 Å². The molecular weight excluding hydrogens is 347 g/mol. The number of halogens is 1. The van der Waals surface area contributed by atoms with Gasteiger partial charge in [-0.1, -0.05) is 6.07 Å². The molecule has 0 N–H and O–H groups in total. The number of hydrogen-bond donors (Lipinski definition) is 0. The Balaban J connectivity index is 2.28.